The highest BCUT2D eigenvalue weighted by atomic mass is 32.1. The van der Waals surface area contributed by atoms with Gasteiger partial charge in [-0.05, 0) is 49.2 Å². The summed E-state index contributed by atoms with van der Waals surface area (Å²) in [6, 6.07) is 20.9. The average molecular weight is 392 g/mol. The van der Waals surface area contributed by atoms with Crippen LogP contribution in [0, 0.1) is 0 Å². The molecule has 0 saturated carbocycles. The molecule has 5 nitrogen and oxygen atoms in total. The van der Waals surface area contributed by atoms with Crippen LogP contribution in [0.2, 0.25) is 0 Å². The SMILES string of the molecule is O=S=CCCCOc1ccc2[nH]c(=O)ccc2c1.c1ccc2ncccc2c1. The Morgan fingerprint density at radius 1 is 1.00 bits per heavy atom. The van der Waals surface area contributed by atoms with Crippen molar-refractivity contribution in [2.24, 2.45) is 0 Å². The van der Waals surface area contributed by atoms with E-state index in [9.17, 15) is 9.00 Å². The van der Waals surface area contributed by atoms with Crippen molar-refractivity contribution in [1.82, 2.24) is 9.97 Å². The van der Waals surface area contributed by atoms with E-state index in [2.05, 4.69) is 22.1 Å². The monoisotopic (exact) mass is 392 g/mol. The number of pyridine rings is 2. The van der Waals surface area contributed by atoms with Crippen LogP contribution in [0.1, 0.15) is 12.8 Å². The van der Waals surface area contributed by atoms with Crippen molar-refractivity contribution in [3.63, 3.8) is 0 Å². The lowest BCUT2D eigenvalue weighted by molar-refractivity contribution is 0.314. The maximum Gasteiger partial charge on any atom is 0.248 e. The topological polar surface area (TPSA) is 72.1 Å². The highest BCUT2D eigenvalue weighted by molar-refractivity contribution is 7.64. The molecule has 4 aromatic rings. The molecule has 0 bridgehead atoms. The summed E-state index contributed by atoms with van der Waals surface area (Å²) in [5.74, 6) is 0.768. The number of rotatable bonds is 5. The fraction of sp³-hybridized carbons (Fsp3) is 0.136. The van der Waals surface area contributed by atoms with Gasteiger partial charge in [0, 0.05) is 33.9 Å². The normalized spacial score (nSPS) is 10.1. The molecule has 2 heterocycles. The number of ether oxygens (including phenoxy) is 1. The summed E-state index contributed by atoms with van der Waals surface area (Å²) >= 11 is 0.487. The molecule has 0 fully saturated rings. The standard InChI is InChI=1S/C13H13NO3S.C9H7N/c15-13-6-3-10-9-11(4-5-12(10)14-13)17-7-1-2-8-18-16;1-2-6-9-8(4-1)5-3-7-10-9/h3-6,8-9H,1-2,7H2,(H,14,15);1-7H. The largest absolute Gasteiger partial charge is 0.494 e. The highest BCUT2D eigenvalue weighted by Gasteiger charge is 1.98. The molecule has 0 aliphatic rings. The van der Waals surface area contributed by atoms with Gasteiger partial charge in [0.25, 0.3) is 0 Å². The van der Waals surface area contributed by atoms with Crippen LogP contribution >= 0.6 is 0 Å². The first-order valence-corrected chi connectivity index (χ1v) is 9.73. The van der Waals surface area contributed by atoms with Gasteiger partial charge in [0.15, 0.2) is 0 Å². The van der Waals surface area contributed by atoms with E-state index in [0.29, 0.717) is 17.9 Å². The van der Waals surface area contributed by atoms with E-state index >= 15 is 0 Å². The van der Waals surface area contributed by atoms with E-state index < -0.39 is 0 Å². The fourth-order valence-electron chi connectivity index (χ4n) is 2.64. The minimum atomic E-state index is -0.109. The van der Waals surface area contributed by atoms with Gasteiger partial charge in [-0.25, -0.2) is 4.21 Å². The van der Waals surface area contributed by atoms with Crippen molar-refractivity contribution in [3.8, 4) is 5.75 Å². The molecule has 4 rings (SSSR count). The van der Waals surface area contributed by atoms with E-state index in [1.807, 2.05) is 48.7 Å². The molecular formula is C22H20N2O3S. The second-order valence-electron chi connectivity index (χ2n) is 6.02. The quantitative estimate of drug-likeness (QED) is 0.412. The summed E-state index contributed by atoms with van der Waals surface area (Å²) in [7, 11) is 0. The Morgan fingerprint density at radius 2 is 1.86 bits per heavy atom. The van der Waals surface area contributed by atoms with Crippen LogP contribution in [0.3, 0.4) is 0 Å². The Morgan fingerprint density at radius 3 is 2.71 bits per heavy atom. The van der Waals surface area contributed by atoms with Crippen molar-refractivity contribution >= 4 is 38.4 Å². The molecule has 0 unspecified atom stereocenters. The Balaban J connectivity index is 0.000000188. The zero-order chi connectivity index (χ0) is 19.6. The third-order valence-corrected chi connectivity index (χ3v) is 4.38. The third kappa shape index (κ3) is 5.62. The zero-order valence-corrected chi connectivity index (χ0v) is 16.0. The molecule has 0 atom stereocenters. The molecule has 2 aromatic heterocycles. The Bertz CT molecular complexity index is 1100. The number of hydrogen-bond acceptors (Lipinski definition) is 4. The summed E-state index contributed by atoms with van der Waals surface area (Å²) in [5.41, 5.74) is 1.75. The predicted octanol–water partition coefficient (Wildman–Crippen LogP) is 3.94. The number of benzene rings is 2. The van der Waals surface area contributed by atoms with E-state index in [4.69, 9.17) is 4.74 Å². The van der Waals surface area contributed by atoms with Crippen molar-refractivity contribution in [1.29, 1.82) is 0 Å². The third-order valence-electron chi connectivity index (χ3n) is 4.01. The first kappa shape index (κ1) is 19.5. The van der Waals surface area contributed by atoms with E-state index in [-0.39, 0.29) is 5.56 Å². The van der Waals surface area contributed by atoms with E-state index in [1.165, 1.54) is 11.5 Å². The molecule has 0 spiro atoms. The smallest absolute Gasteiger partial charge is 0.248 e. The highest BCUT2D eigenvalue weighted by Crippen LogP contribution is 2.18. The number of aromatic nitrogens is 2. The van der Waals surface area contributed by atoms with E-state index in [0.717, 1.165) is 35.0 Å². The Kier molecular flexibility index (Phi) is 7.09. The average Bonchev–Trinajstić information content (AvgIpc) is 2.74. The predicted molar refractivity (Wildman–Crippen MR) is 115 cm³/mol. The molecule has 28 heavy (non-hydrogen) atoms. The number of fused-ring (bicyclic) bond motifs is 2. The summed E-state index contributed by atoms with van der Waals surface area (Å²) < 4.78 is 15.7. The number of aromatic amines is 1. The maximum atomic E-state index is 11.1. The Hall–Kier alpha value is -3.25. The first-order chi connectivity index (χ1) is 13.8. The van der Waals surface area contributed by atoms with Crippen LogP contribution in [0.15, 0.2) is 77.7 Å². The van der Waals surface area contributed by atoms with Crippen LogP contribution in [0.25, 0.3) is 21.8 Å². The van der Waals surface area contributed by atoms with Crippen LogP contribution in [0.5, 0.6) is 5.75 Å². The molecule has 2 aromatic carbocycles. The van der Waals surface area contributed by atoms with Crippen LogP contribution in [-0.4, -0.2) is 26.2 Å². The number of unbranched alkanes of at least 4 members (excludes halogenated alkanes) is 1. The van der Waals surface area contributed by atoms with Crippen molar-refractivity contribution in [3.05, 3.63) is 83.3 Å². The van der Waals surface area contributed by atoms with Crippen molar-refractivity contribution < 1.29 is 8.95 Å². The molecule has 0 saturated heterocycles. The summed E-state index contributed by atoms with van der Waals surface area (Å²) in [4.78, 5) is 18.1. The van der Waals surface area contributed by atoms with Crippen LogP contribution in [-0.2, 0) is 11.3 Å². The molecule has 0 aliphatic heterocycles. The molecule has 0 aliphatic carbocycles. The number of hydrogen-bond donors (Lipinski definition) is 1. The molecular weight excluding hydrogens is 372 g/mol. The molecule has 1 N–H and O–H groups in total. The lowest BCUT2D eigenvalue weighted by Crippen LogP contribution is -2.02. The van der Waals surface area contributed by atoms with Gasteiger partial charge in [0.2, 0.25) is 5.56 Å². The first-order valence-electron chi connectivity index (χ1n) is 8.92. The molecule has 142 valence electrons. The maximum absolute atomic E-state index is 11.1. The van der Waals surface area contributed by atoms with Crippen LogP contribution < -0.4 is 10.3 Å². The van der Waals surface area contributed by atoms with Gasteiger partial charge in [0.1, 0.15) is 5.75 Å². The lowest BCUT2D eigenvalue weighted by Gasteiger charge is -2.06. The second-order valence-corrected chi connectivity index (χ2v) is 6.55. The number of H-pyrrole nitrogens is 1. The number of para-hydroxylation sites is 1. The van der Waals surface area contributed by atoms with Gasteiger partial charge >= 0.3 is 0 Å². The number of nitrogens with one attached hydrogen (secondary N) is 1. The summed E-state index contributed by atoms with van der Waals surface area (Å²) in [6.07, 6.45) is 3.37. The lowest BCUT2D eigenvalue weighted by atomic mass is 10.2. The minimum Gasteiger partial charge on any atom is -0.494 e. The van der Waals surface area contributed by atoms with Crippen LogP contribution in [0.4, 0.5) is 0 Å². The van der Waals surface area contributed by atoms with Crippen molar-refractivity contribution in [2.45, 2.75) is 12.8 Å². The van der Waals surface area contributed by atoms with Gasteiger partial charge in [-0.15, -0.1) is 0 Å². The van der Waals surface area contributed by atoms with Gasteiger partial charge in [-0.1, -0.05) is 24.3 Å². The van der Waals surface area contributed by atoms with E-state index in [1.54, 1.807) is 11.4 Å². The zero-order valence-electron chi connectivity index (χ0n) is 15.2. The minimum absolute atomic E-state index is 0.109. The second kappa shape index (κ2) is 10.2. The fourth-order valence-corrected chi connectivity index (χ4v) is 2.91. The van der Waals surface area contributed by atoms with Crippen molar-refractivity contribution in [2.75, 3.05) is 6.61 Å². The van der Waals surface area contributed by atoms with Gasteiger partial charge < -0.3 is 9.72 Å². The Labute approximate surface area is 166 Å². The number of nitrogens with zero attached hydrogens (tertiary/aromatic N) is 1. The summed E-state index contributed by atoms with van der Waals surface area (Å²) in [5, 5.41) is 3.76. The van der Waals surface area contributed by atoms with Gasteiger partial charge in [-0.3, -0.25) is 9.78 Å². The molecule has 0 radical (unpaired) electrons. The van der Waals surface area contributed by atoms with Gasteiger partial charge in [0.05, 0.1) is 23.4 Å². The summed E-state index contributed by atoms with van der Waals surface area (Å²) in [6.45, 7) is 0.575. The molecule has 6 heteroatoms. The van der Waals surface area contributed by atoms with Gasteiger partial charge in [-0.2, -0.15) is 0 Å². The molecule has 0 amide bonds.